The van der Waals surface area contributed by atoms with E-state index in [9.17, 15) is 10.1 Å². The second-order valence-electron chi connectivity index (χ2n) is 2.21. The minimum atomic E-state index is -0.525. The quantitative estimate of drug-likeness (QED) is 0.322. The molecule has 0 amide bonds. The number of rotatable bonds is 4. The minimum absolute atomic E-state index is 0.0699. The maximum absolute atomic E-state index is 10.3. The summed E-state index contributed by atoms with van der Waals surface area (Å²) in [5, 5.41) is 19.5. The van der Waals surface area contributed by atoms with Crippen LogP contribution in [0.25, 0.3) is 0 Å². The predicted octanol–water partition coefficient (Wildman–Crippen LogP) is 1.04. The van der Waals surface area contributed by atoms with Crippen LogP contribution in [-0.2, 0) is 0 Å². The molecule has 14 heavy (non-hydrogen) atoms. The Morgan fingerprint density at radius 2 is 2.43 bits per heavy atom. The van der Waals surface area contributed by atoms with Gasteiger partial charge in [-0.1, -0.05) is 0 Å². The van der Waals surface area contributed by atoms with Crippen molar-refractivity contribution in [1.82, 2.24) is 4.98 Å². The van der Waals surface area contributed by atoms with E-state index in [1.54, 1.807) is 0 Å². The lowest BCUT2D eigenvalue weighted by atomic mass is 10.4. The highest BCUT2D eigenvalue weighted by Crippen LogP contribution is 2.10. The number of hydrogen-bond donors (Lipinski definition) is 2. The van der Waals surface area contributed by atoms with Gasteiger partial charge in [0.2, 0.25) is 0 Å². The molecule has 0 fully saturated rings. The summed E-state index contributed by atoms with van der Waals surface area (Å²) in [7, 11) is 0. The first-order valence-corrected chi connectivity index (χ1v) is 3.61. The van der Waals surface area contributed by atoms with Gasteiger partial charge in [-0.3, -0.25) is 15.5 Å². The van der Waals surface area contributed by atoms with E-state index in [0.29, 0.717) is 5.82 Å². The number of nitro groups is 1. The van der Waals surface area contributed by atoms with Gasteiger partial charge >= 0.3 is 0 Å². The number of aromatic nitrogens is 1. The second-order valence-corrected chi connectivity index (χ2v) is 2.21. The first kappa shape index (κ1) is 9.78. The zero-order chi connectivity index (χ0) is 10.4. The molecule has 0 aromatic carbocycles. The standard InChI is InChI=1S/C7H7N5O2/c8-4-9-5-11-7-2-1-6(3-10-7)12(13)14/h1-5H,(H2,8,9,10,11). The van der Waals surface area contributed by atoms with E-state index in [4.69, 9.17) is 5.41 Å². The number of nitrogens with zero attached hydrogens (tertiary/aromatic N) is 3. The van der Waals surface area contributed by atoms with E-state index in [2.05, 4.69) is 15.3 Å². The third-order valence-corrected chi connectivity index (χ3v) is 1.32. The molecule has 7 heteroatoms. The third-order valence-electron chi connectivity index (χ3n) is 1.32. The van der Waals surface area contributed by atoms with Crippen molar-refractivity contribution in [1.29, 1.82) is 5.41 Å². The fourth-order valence-corrected chi connectivity index (χ4v) is 0.720. The summed E-state index contributed by atoms with van der Waals surface area (Å²) in [5.41, 5.74) is -0.0699. The molecule has 0 aliphatic carbocycles. The van der Waals surface area contributed by atoms with Gasteiger partial charge in [-0.2, -0.15) is 0 Å². The summed E-state index contributed by atoms with van der Waals surface area (Å²) < 4.78 is 0. The molecule has 0 saturated carbocycles. The molecule has 0 bridgehead atoms. The fraction of sp³-hybridized carbons (Fsp3) is 0. The maximum atomic E-state index is 10.3. The van der Waals surface area contributed by atoms with Crippen molar-refractivity contribution in [2.45, 2.75) is 0 Å². The molecule has 0 saturated heterocycles. The van der Waals surface area contributed by atoms with Crippen molar-refractivity contribution >= 4 is 24.2 Å². The van der Waals surface area contributed by atoms with Crippen molar-refractivity contribution in [3.05, 3.63) is 28.4 Å². The van der Waals surface area contributed by atoms with Gasteiger partial charge in [0.15, 0.2) is 0 Å². The molecule has 1 heterocycles. The molecule has 0 spiro atoms. The van der Waals surface area contributed by atoms with Crippen molar-refractivity contribution in [2.75, 3.05) is 5.32 Å². The summed E-state index contributed by atoms with van der Waals surface area (Å²) in [6, 6.07) is 2.78. The number of nitrogens with one attached hydrogen (secondary N) is 2. The lowest BCUT2D eigenvalue weighted by molar-refractivity contribution is -0.385. The molecule has 0 radical (unpaired) electrons. The molecule has 7 nitrogen and oxygen atoms in total. The van der Waals surface area contributed by atoms with Crippen LogP contribution >= 0.6 is 0 Å². The van der Waals surface area contributed by atoms with Crippen LogP contribution in [0.2, 0.25) is 0 Å². The van der Waals surface area contributed by atoms with E-state index in [0.717, 1.165) is 12.5 Å². The van der Waals surface area contributed by atoms with Gasteiger partial charge < -0.3 is 5.32 Å². The highest BCUT2D eigenvalue weighted by molar-refractivity contribution is 5.79. The van der Waals surface area contributed by atoms with E-state index in [1.165, 1.54) is 18.5 Å². The number of hydrogen-bond acceptors (Lipinski definition) is 4. The average Bonchev–Trinajstić information content (AvgIpc) is 2.19. The van der Waals surface area contributed by atoms with Crippen LogP contribution in [0, 0.1) is 15.5 Å². The Kier molecular flexibility index (Phi) is 3.25. The van der Waals surface area contributed by atoms with E-state index >= 15 is 0 Å². The number of pyridine rings is 1. The summed E-state index contributed by atoms with van der Waals surface area (Å²) in [4.78, 5) is 16.9. The lowest BCUT2D eigenvalue weighted by Crippen LogP contribution is -1.98. The Morgan fingerprint density at radius 1 is 1.64 bits per heavy atom. The fourth-order valence-electron chi connectivity index (χ4n) is 0.720. The summed E-state index contributed by atoms with van der Waals surface area (Å²) in [6.45, 7) is 0. The molecular formula is C7H7N5O2. The van der Waals surface area contributed by atoms with Crippen LogP contribution in [0.15, 0.2) is 23.3 Å². The SMILES string of the molecule is N=C/N=C\Nc1ccc([N+](=O)[O-])cn1. The summed E-state index contributed by atoms with van der Waals surface area (Å²) in [6.07, 6.45) is 3.26. The van der Waals surface area contributed by atoms with Gasteiger partial charge in [-0.25, -0.2) is 9.98 Å². The second kappa shape index (κ2) is 4.65. The molecular weight excluding hydrogens is 186 g/mol. The van der Waals surface area contributed by atoms with Crippen molar-refractivity contribution in [3.63, 3.8) is 0 Å². The van der Waals surface area contributed by atoms with Crippen molar-refractivity contribution in [2.24, 2.45) is 4.99 Å². The monoisotopic (exact) mass is 193 g/mol. The first-order valence-electron chi connectivity index (χ1n) is 3.61. The third kappa shape index (κ3) is 2.63. The van der Waals surface area contributed by atoms with Crippen molar-refractivity contribution < 1.29 is 4.92 Å². The van der Waals surface area contributed by atoms with Gasteiger partial charge in [0.05, 0.1) is 11.3 Å². The van der Waals surface area contributed by atoms with Crippen LogP contribution in [-0.4, -0.2) is 22.6 Å². The van der Waals surface area contributed by atoms with Gasteiger partial charge in [0.25, 0.3) is 5.69 Å². The van der Waals surface area contributed by atoms with Crippen LogP contribution in [0.5, 0.6) is 0 Å². The predicted molar refractivity (Wildman–Crippen MR) is 51.8 cm³/mol. The Balaban J connectivity index is 2.68. The highest BCUT2D eigenvalue weighted by Gasteiger charge is 2.03. The zero-order valence-electron chi connectivity index (χ0n) is 7.04. The number of aliphatic imine (C=N–C) groups is 1. The maximum Gasteiger partial charge on any atom is 0.287 e. The van der Waals surface area contributed by atoms with Crippen molar-refractivity contribution in [3.8, 4) is 0 Å². The largest absolute Gasteiger partial charge is 0.331 e. The first-order chi connectivity index (χ1) is 6.74. The van der Waals surface area contributed by atoms with Crippen LogP contribution < -0.4 is 5.32 Å². The lowest BCUT2D eigenvalue weighted by Gasteiger charge is -1.96. The molecule has 1 aromatic heterocycles. The molecule has 72 valence electrons. The Hall–Kier alpha value is -2.31. The molecule has 0 aliphatic rings. The van der Waals surface area contributed by atoms with Crippen LogP contribution in [0.1, 0.15) is 0 Å². The van der Waals surface area contributed by atoms with E-state index in [1.807, 2.05) is 0 Å². The minimum Gasteiger partial charge on any atom is -0.331 e. The van der Waals surface area contributed by atoms with Gasteiger partial charge in [-0.15, -0.1) is 0 Å². The zero-order valence-corrected chi connectivity index (χ0v) is 7.04. The topological polar surface area (TPSA) is 104 Å². The summed E-state index contributed by atoms with van der Waals surface area (Å²) in [5.74, 6) is 0.432. The summed E-state index contributed by atoms with van der Waals surface area (Å²) >= 11 is 0. The van der Waals surface area contributed by atoms with Gasteiger partial charge in [-0.05, 0) is 6.07 Å². The Labute approximate surface area is 79.2 Å². The Bertz CT molecular complexity index is 359. The van der Waals surface area contributed by atoms with E-state index < -0.39 is 4.92 Å². The van der Waals surface area contributed by atoms with Gasteiger partial charge in [0.1, 0.15) is 18.4 Å². The van der Waals surface area contributed by atoms with E-state index in [-0.39, 0.29) is 5.69 Å². The molecule has 0 atom stereocenters. The Morgan fingerprint density at radius 3 is 2.93 bits per heavy atom. The molecule has 1 rings (SSSR count). The normalized spacial score (nSPS) is 10.0. The van der Waals surface area contributed by atoms with Gasteiger partial charge in [0, 0.05) is 6.07 Å². The van der Waals surface area contributed by atoms with Crippen LogP contribution in [0.4, 0.5) is 11.5 Å². The smallest absolute Gasteiger partial charge is 0.287 e. The number of anilines is 1. The average molecular weight is 193 g/mol. The molecule has 0 unspecified atom stereocenters. The molecule has 0 aliphatic heterocycles. The van der Waals surface area contributed by atoms with Crippen LogP contribution in [0.3, 0.4) is 0 Å². The highest BCUT2D eigenvalue weighted by atomic mass is 16.6. The molecule has 1 aromatic rings. The molecule has 2 N–H and O–H groups in total.